The van der Waals surface area contributed by atoms with Crippen LogP contribution in [0.2, 0.25) is 0 Å². The van der Waals surface area contributed by atoms with Crippen molar-refractivity contribution in [1.29, 1.82) is 5.41 Å². The van der Waals surface area contributed by atoms with Gasteiger partial charge in [0.25, 0.3) is 0 Å². The Hall–Kier alpha value is -2.89. The van der Waals surface area contributed by atoms with Crippen molar-refractivity contribution in [1.82, 2.24) is 14.0 Å². The Morgan fingerprint density at radius 3 is 2.26 bits per heavy atom. The Morgan fingerprint density at radius 1 is 0.774 bits per heavy atom. The second kappa shape index (κ2) is 8.69. The summed E-state index contributed by atoms with van der Waals surface area (Å²) in [6, 6.07) is 22.4. The Morgan fingerprint density at radius 2 is 1.45 bits per heavy atom. The fourth-order valence-corrected chi connectivity index (χ4v) is 4.94. The summed E-state index contributed by atoms with van der Waals surface area (Å²) in [5.74, 6) is 0. The summed E-state index contributed by atoms with van der Waals surface area (Å²) in [5.41, 5.74) is 3.44. The number of piperidine rings is 1. The van der Waals surface area contributed by atoms with Gasteiger partial charge in [-0.2, -0.15) is 0 Å². The molecule has 0 spiro atoms. The highest BCUT2D eigenvalue weighted by Crippen LogP contribution is 2.26. The highest BCUT2D eigenvalue weighted by Gasteiger charge is 2.17. The number of hydrogen-bond acceptors (Lipinski definition) is 3. The monoisotopic (exact) mass is 414 g/mol. The second-order valence-corrected chi connectivity index (χ2v) is 8.56. The Bertz CT molecular complexity index is 1240. The molecular formula is C26H30N4O. The van der Waals surface area contributed by atoms with Gasteiger partial charge in [-0.3, -0.25) is 5.41 Å². The third kappa shape index (κ3) is 3.91. The molecule has 1 saturated heterocycles. The van der Waals surface area contributed by atoms with Crippen LogP contribution in [0.4, 0.5) is 0 Å². The number of aliphatic hydroxyl groups excluding tert-OH is 1. The van der Waals surface area contributed by atoms with Crippen LogP contribution in [0.5, 0.6) is 0 Å². The molecule has 0 unspecified atom stereocenters. The number of rotatable bonds is 6. The van der Waals surface area contributed by atoms with Crippen LogP contribution in [0.1, 0.15) is 30.9 Å². The Balaban J connectivity index is 1.47. The zero-order chi connectivity index (χ0) is 21.2. The van der Waals surface area contributed by atoms with Gasteiger partial charge in [0, 0.05) is 13.1 Å². The third-order valence-corrected chi connectivity index (χ3v) is 6.60. The lowest BCUT2D eigenvalue weighted by atomic mass is 10.0. The van der Waals surface area contributed by atoms with Gasteiger partial charge in [0.2, 0.25) is 5.62 Å². The van der Waals surface area contributed by atoms with E-state index in [1.807, 2.05) is 41.0 Å². The van der Waals surface area contributed by atoms with Gasteiger partial charge in [-0.15, -0.1) is 0 Å². The molecule has 0 radical (unpaired) electrons. The Kier molecular flexibility index (Phi) is 5.62. The molecule has 1 aromatic heterocycles. The molecule has 2 N–H and O–H groups in total. The van der Waals surface area contributed by atoms with Gasteiger partial charge < -0.3 is 19.1 Å². The molecule has 4 aromatic rings. The second-order valence-electron chi connectivity index (χ2n) is 8.56. The minimum Gasteiger partial charge on any atom is -0.387 e. The lowest BCUT2D eigenvalue weighted by molar-refractivity contribution is 0.157. The standard InChI is InChI=1S/C26H30N4O/c27-26-29(18-17-28-15-6-1-7-16-28)23-13-4-5-14-24(23)30(26)19-25(31)22-12-8-10-20-9-2-3-11-21(20)22/h2-5,8-14,25,27,31H,1,6-7,15-19H2/t25-/m1/s1. The van der Waals surface area contributed by atoms with Gasteiger partial charge in [0.05, 0.1) is 23.7 Å². The summed E-state index contributed by atoms with van der Waals surface area (Å²) in [6.45, 7) is 4.45. The van der Waals surface area contributed by atoms with Gasteiger partial charge in [0.15, 0.2) is 0 Å². The normalized spacial score (nSPS) is 16.2. The van der Waals surface area contributed by atoms with Crippen molar-refractivity contribution in [3.8, 4) is 0 Å². The van der Waals surface area contributed by atoms with E-state index in [1.54, 1.807) is 0 Å². The van der Waals surface area contributed by atoms with E-state index < -0.39 is 6.10 Å². The van der Waals surface area contributed by atoms with E-state index in [0.717, 1.165) is 53.5 Å². The molecule has 160 valence electrons. The van der Waals surface area contributed by atoms with Crippen LogP contribution >= 0.6 is 0 Å². The highest BCUT2D eigenvalue weighted by atomic mass is 16.3. The van der Waals surface area contributed by atoms with Crippen LogP contribution in [-0.2, 0) is 13.1 Å². The molecule has 2 heterocycles. The average Bonchev–Trinajstić information content (AvgIpc) is 3.08. The maximum atomic E-state index is 11.2. The number of aliphatic hydroxyl groups is 1. The largest absolute Gasteiger partial charge is 0.387 e. The first-order valence-electron chi connectivity index (χ1n) is 11.3. The van der Waals surface area contributed by atoms with Crippen LogP contribution in [-0.4, -0.2) is 38.8 Å². The van der Waals surface area contributed by atoms with Crippen molar-refractivity contribution in [3.05, 3.63) is 77.9 Å². The molecule has 0 bridgehead atoms. The molecule has 1 atom stereocenters. The quantitative estimate of drug-likeness (QED) is 0.494. The van der Waals surface area contributed by atoms with Gasteiger partial charge in [-0.05, 0) is 54.4 Å². The minimum absolute atomic E-state index is 0.365. The molecule has 31 heavy (non-hydrogen) atoms. The summed E-state index contributed by atoms with van der Waals surface area (Å²) in [4.78, 5) is 2.51. The zero-order valence-corrected chi connectivity index (χ0v) is 17.9. The van der Waals surface area contributed by atoms with Gasteiger partial charge >= 0.3 is 0 Å². The number of benzene rings is 3. The summed E-state index contributed by atoms with van der Waals surface area (Å²) >= 11 is 0. The van der Waals surface area contributed by atoms with Crippen LogP contribution in [0.3, 0.4) is 0 Å². The summed E-state index contributed by atoms with van der Waals surface area (Å²) in [7, 11) is 0. The highest BCUT2D eigenvalue weighted by molar-refractivity contribution is 5.86. The van der Waals surface area contributed by atoms with Crippen molar-refractivity contribution < 1.29 is 5.11 Å². The van der Waals surface area contributed by atoms with Crippen LogP contribution in [0, 0.1) is 5.41 Å². The molecule has 1 fully saturated rings. The number of imidazole rings is 1. The van der Waals surface area contributed by atoms with Gasteiger partial charge in [-0.25, -0.2) is 0 Å². The molecule has 0 saturated carbocycles. The number of nitrogens with zero attached hydrogens (tertiary/aromatic N) is 3. The summed E-state index contributed by atoms with van der Waals surface area (Å²) < 4.78 is 4.05. The number of hydrogen-bond donors (Lipinski definition) is 2. The first-order valence-corrected chi connectivity index (χ1v) is 11.3. The molecular weight excluding hydrogens is 384 g/mol. The van der Waals surface area contributed by atoms with E-state index in [4.69, 9.17) is 5.41 Å². The average molecular weight is 415 g/mol. The zero-order valence-electron chi connectivity index (χ0n) is 17.9. The Labute approximate surface area is 182 Å². The van der Waals surface area contributed by atoms with E-state index in [0.29, 0.717) is 12.2 Å². The maximum Gasteiger partial charge on any atom is 0.203 e. The van der Waals surface area contributed by atoms with Crippen molar-refractivity contribution in [2.24, 2.45) is 0 Å². The molecule has 5 heteroatoms. The fraction of sp³-hybridized carbons (Fsp3) is 0.346. The number of fused-ring (bicyclic) bond motifs is 2. The molecule has 1 aliphatic rings. The summed E-state index contributed by atoms with van der Waals surface area (Å²) in [6.07, 6.45) is 3.20. The summed E-state index contributed by atoms with van der Waals surface area (Å²) in [5, 5.41) is 22.3. The van der Waals surface area contributed by atoms with E-state index in [2.05, 4.69) is 39.8 Å². The molecule has 0 aliphatic carbocycles. The fourth-order valence-electron chi connectivity index (χ4n) is 4.94. The van der Waals surface area contributed by atoms with Crippen molar-refractivity contribution in [2.45, 2.75) is 38.5 Å². The van der Waals surface area contributed by atoms with E-state index in [1.165, 1.54) is 19.3 Å². The molecule has 0 amide bonds. The first kappa shape index (κ1) is 20.0. The van der Waals surface area contributed by atoms with Crippen LogP contribution < -0.4 is 5.62 Å². The van der Waals surface area contributed by atoms with Gasteiger partial charge in [0.1, 0.15) is 0 Å². The SMILES string of the molecule is N=c1n(CCN2CCCCC2)c2ccccc2n1C[C@@H](O)c1cccc2ccccc12. The smallest absolute Gasteiger partial charge is 0.203 e. The predicted octanol–water partition coefficient (Wildman–Crippen LogP) is 4.29. The predicted molar refractivity (Wildman–Crippen MR) is 125 cm³/mol. The topological polar surface area (TPSA) is 57.2 Å². The van der Waals surface area contributed by atoms with E-state index in [9.17, 15) is 5.11 Å². The third-order valence-electron chi connectivity index (χ3n) is 6.60. The number of para-hydroxylation sites is 2. The van der Waals surface area contributed by atoms with Gasteiger partial charge in [-0.1, -0.05) is 61.0 Å². The van der Waals surface area contributed by atoms with Crippen LogP contribution in [0.15, 0.2) is 66.7 Å². The molecule has 5 nitrogen and oxygen atoms in total. The lowest BCUT2D eigenvalue weighted by Crippen LogP contribution is -2.35. The lowest BCUT2D eigenvalue weighted by Gasteiger charge is -2.26. The van der Waals surface area contributed by atoms with Crippen molar-refractivity contribution in [3.63, 3.8) is 0 Å². The van der Waals surface area contributed by atoms with Crippen molar-refractivity contribution >= 4 is 21.8 Å². The molecule has 5 rings (SSSR count). The maximum absolute atomic E-state index is 11.2. The van der Waals surface area contributed by atoms with E-state index in [-0.39, 0.29) is 0 Å². The molecule has 3 aromatic carbocycles. The van der Waals surface area contributed by atoms with Crippen LogP contribution in [0.25, 0.3) is 21.8 Å². The number of aromatic nitrogens is 2. The minimum atomic E-state index is -0.679. The first-order chi connectivity index (χ1) is 15.2. The number of likely N-dealkylation sites (tertiary alicyclic amines) is 1. The molecule has 1 aliphatic heterocycles. The number of nitrogens with one attached hydrogen (secondary N) is 1. The van der Waals surface area contributed by atoms with Crippen molar-refractivity contribution in [2.75, 3.05) is 19.6 Å². The van der Waals surface area contributed by atoms with E-state index >= 15 is 0 Å².